The lowest BCUT2D eigenvalue weighted by molar-refractivity contribution is -0.135. The zero-order valence-corrected chi connectivity index (χ0v) is 5.20. The number of nitrogens with one attached hydrogen (secondary N) is 1. The molecule has 0 unspecified atom stereocenters. The first-order chi connectivity index (χ1) is 4.75. The van der Waals surface area contributed by atoms with Crippen LogP contribution in [0.15, 0.2) is 12.2 Å². The van der Waals surface area contributed by atoms with Gasteiger partial charge >= 0.3 is 0 Å². The first-order valence-electron chi connectivity index (χ1n) is 2.78. The number of hydrogen-bond acceptors (Lipinski definition) is 3. The Balaban J connectivity index is 2.69. The summed E-state index contributed by atoms with van der Waals surface area (Å²) in [6.07, 6.45) is 3.42. The second kappa shape index (κ2) is 2.43. The summed E-state index contributed by atoms with van der Waals surface area (Å²) in [5.74, 6) is -0.679. The summed E-state index contributed by atoms with van der Waals surface area (Å²) in [4.78, 5) is 22.4. The predicted octanol–water partition coefficient (Wildman–Crippen LogP) is -0.439. The van der Waals surface area contributed by atoms with Gasteiger partial charge in [-0.05, 0) is 0 Å². The van der Waals surface area contributed by atoms with Gasteiger partial charge in [0.15, 0.2) is 0 Å². The van der Waals surface area contributed by atoms with Gasteiger partial charge in [-0.3, -0.25) is 14.5 Å². The zero-order valence-electron chi connectivity index (χ0n) is 5.20. The van der Waals surface area contributed by atoms with Crippen molar-refractivity contribution in [2.45, 2.75) is 0 Å². The quantitative estimate of drug-likeness (QED) is 0.415. The van der Waals surface area contributed by atoms with E-state index < -0.39 is 0 Å². The van der Waals surface area contributed by atoms with Gasteiger partial charge in [0.1, 0.15) is 0 Å². The Hall–Kier alpha value is -1.45. The van der Waals surface area contributed by atoms with Crippen LogP contribution in [0.3, 0.4) is 0 Å². The summed E-state index contributed by atoms with van der Waals surface area (Å²) in [6, 6.07) is 0. The lowest BCUT2D eigenvalue weighted by Crippen LogP contribution is -2.31. The van der Waals surface area contributed by atoms with Crippen LogP contribution in [-0.2, 0) is 9.59 Å². The van der Waals surface area contributed by atoms with E-state index in [0.29, 0.717) is 0 Å². The van der Waals surface area contributed by atoms with Crippen LogP contribution in [0.1, 0.15) is 0 Å². The monoisotopic (exact) mass is 138 g/mol. The number of amides is 2. The van der Waals surface area contributed by atoms with Gasteiger partial charge < -0.3 is 5.41 Å². The number of nitrogens with zero attached hydrogens (tertiary/aromatic N) is 1. The predicted molar refractivity (Wildman–Crippen MR) is 34.6 cm³/mol. The van der Waals surface area contributed by atoms with Crippen molar-refractivity contribution in [2.24, 2.45) is 0 Å². The first kappa shape index (κ1) is 6.67. The molecular formula is C6H6N2O2. The number of imide groups is 1. The van der Waals surface area contributed by atoms with Crippen LogP contribution < -0.4 is 0 Å². The third kappa shape index (κ3) is 0.953. The van der Waals surface area contributed by atoms with Crippen LogP contribution in [0.4, 0.5) is 0 Å². The molecule has 4 nitrogen and oxygen atoms in total. The zero-order chi connectivity index (χ0) is 7.56. The molecule has 1 heterocycles. The second-order valence-corrected chi connectivity index (χ2v) is 1.82. The van der Waals surface area contributed by atoms with Crippen molar-refractivity contribution in [3.05, 3.63) is 12.2 Å². The van der Waals surface area contributed by atoms with Gasteiger partial charge in [-0.25, -0.2) is 0 Å². The minimum Gasteiger partial charge on any atom is -0.311 e. The van der Waals surface area contributed by atoms with E-state index in [1.807, 2.05) is 0 Å². The van der Waals surface area contributed by atoms with Crippen molar-refractivity contribution in [3.63, 3.8) is 0 Å². The van der Waals surface area contributed by atoms with Gasteiger partial charge in [0.25, 0.3) is 11.8 Å². The van der Waals surface area contributed by atoms with Crippen molar-refractivity contribution in [3.8, 4) is 0 Å². The van der Waals surface area contributed by atoms with Crippen LogP contribution in [-0.4, -0.2) is 29.5 Å². The highest BCUT2D eigenvalue weighted by Gasteiger charge is 2.21. The highest BCUT2D eigenvalue weighted by Crippen LogP contribution is 2.00. The van der Waals surface area contributed by atoms with Gasteiger partial charge in [0.05, 0.1) is 6.54 Å². The molecular weight excluding hydrogens is 132 g/mol. The van der Waals surface area contributed by atoms with Crippen molar-refractivity contribution in [2.75, 3.05) is 6.54 Å². The Kier molecular flexibility index (Phi) is 1.62. The van der Waals surface area contributed by atoms with Crippen LogP contribution in [0.2, 0.25) is 0 Å². The molecule has 1 aliphatic rings. The molecule has 2 amide bonds. The SMILES string of the molecule is N=CCN1C(=O)C=CC1=O. The van der Waals surface area contributed by atoms with Crippen LogP contribution >= 0.6 is 0 Å². The molecule has 0 saturated heterocycles. The Morgan fingerprint density at radius 3 is 2.30 bits per heavy atom. The molecule has 0 aliphatic carbocycles. The Labute approximate surface area is 57.6 Å². The minimum atomic E-state index is -0.339. The molecule has 1 rings (SSSR count). The summed E-state index contributed by atoms with van der Waals surface area (Å²) < 4.78 is 0. The highest BCUT2D eigenvalue weighted by molar-refractivity contribution is 6.13. The molecule has 0 aromatic rings. The van der Waals surface area contributed by atoms with Gasteiger partial charge in [-0.2, -0.15) is 0 Å². The second-order valence-electron chi connectivity index (χ2n) is 1.82. The van der Waals surface area contributed by atoms with Crippen LogP contribution in [0.25, 0.3) is 0 Å². The molecule has 1 aliphatic heterocycles. The molecule has 0 aromatic heterocycles. The molecule has 0 spiro atoms. The van der Waals surface area contributed by atoms with E-state index >= 15 is 0 Å². The fourth-order valence-corrected chi connectivity index (χ4v) is 0.702. The topological polar surface area (TPSA) is 61.2 Å². The Bertz CT molecular complexity index is 202. The summed E-state index contributed by atoms with van der Waals surface area (Å²) >= 11 is 0. The van der Waals surface area contributed by atoms with E-state index in [9.17, 15) is 9.59 Å². The maximum atomic E-state index is 10.7. The maximum Gasteiger partial charge on any atom is 0.253 e. The van der Waals surface area contributed by atoms with E-state index in [-0.39, 0.29) is 18.4 Å². The first-order valence-corrected chi connectivity index (χ1v) is 2.78. The average molecular weight is 138 g/mol. The van der Waals surface area contributed by atoms with Crippen molar-refractivity contribution < 1.29 is 9.59 Å². The lowest BCUT2D eigenvalue weighted by atomic mass is 10.5. The summed E-state index contributed by atoms with van der Waals surface area (Å²) in [7, 11) is 0. The third-order valence-electron chi connectivity index (χ3n) is 1.17. The fourth-order valence-electron chi connectivity index (χ4n) is 0.702. The van der Waals surface area contributed by atoms with E-state index in [0.717, 1.165) is 11.1 Å². The molecule has 0 saturated carbocycles. The largest absolute Gasteiger partial charge is 0.311 e. The van der Waals surface area contributed by atoms with E-state index in [4.69, 9.17) is 5.41 Å². The number of carbonyl (C=O) groups is 2. The van der Waals surface area contributed by atoms with Crippen LogP contribution in [0, 0.1) is 5.41 Å². The Morgan fingerprint density at radius 1 is 1.40 bits per heavy atom. The molecule has 0 aromatic carbocycles. The molecule has 10 heavy (non-hydrogen) atoms. The number of rotatable bonds is 2. The molecule has 0 fully saturated rings. The Morgan fingerprint density at radius 2 is 1.90 bits per heavy atom. The van der Waals surface area contributed by atoms with Crippen molar-refractivity contribution in [1.82, 2.24) is 4.90 Å². The van der Waals surface area contributed by atoms with Gasteiger partial charge in [0, 0.05) is 18.4 Å². The van der Waals surface area contributed by atoms with Gasteiger partial charge in [-0.15, -0.1) is 0 Å². The normalized spacial score (nSPS) is 16.6. The maximum absolute atomic E-state index is 10.7. The molecule has 0 atom stereocenters. The van der Waals surface area contributed by atoms with Gasteiger partial charge in [-0.1, -0.05) is 0 Å². The summed E-state index contributed by atoms with van der Waals surface area (Å²) in [5.41, 5.74) is 0. The minimum absolute atomic E-state index is 0.0741. The fraction of sp³-hybridized carbons (Fsp3) is 0.167. The standard InChI is InChI=1S/C6H6N2O2/c7-3-4-8-5(9)1-2-6(8)10/h1-3,7H,4H2. The third-order valence-corrected chi connectivity index (χ3v) is 1.17. The summed E-state index contributed by atoms with van der Waals surface area (Å²) in [6.45, 7) is 0.0741. The molecule has 52 valence electrons. The molecule has 0 radical (unpaired) electrons. The smallest absolute Gasteiger partial charge is 0.253 e. The molecule has 0 bridgehead atoms. The summed E-state index contributed by atoms with van der Waals surface area (Å²) in [5, 5.41) is 6.65. The van der Waals surface area contributed by atoms with E-state index in [1.165, 1.54) is 12.2 Å². The molecule has 1 N–H and O–H groups in total. The van der Waals surface area contributed by atoms with E-state index in [2.05, 4.69) is 0 Å². The number of hydrogen-bond donors (Lipinski definition) is 1. The van der Waals surface area contributed by atoms with E-state index in [1.54, 1.807) is 0 Å². The average Bonchev–Trinajstić information content (AvgIpc) is 2.20. The number of carbonyl (C=O) groups excluding carboxylic acids is 2. The van der Waals surface area contributed by atoms with Crippen LogP contribution in [0.5, 0.6) is 0 Å². The van der Waals surface area contributed by atoms with Gasteiger partial charge in [0.2, 0.25) is 0 Å². The molecule has 4 heteroatoms. The lowest BCUT2D eigenvalue weighted by Gasteiger charge is -2.08. The highest BCUT2D eigenvalue weighted by atomic mass is 16.2. The van der Waals surface area contributed by atoms with Crippen molar-refractivity contribution >= 4 is 18.0 Å². The van der Waals surface area contributed by atoms with Crippen molar-refractivity contribution in [1.29, 1.82) is 5.41 Å².